The van der Waals surface area contributed by atoms with Crippen LogP contribution in [0.5, 0.6) is 0 Å². The molecule has 0 N–H and O–H groups in total. The predicted molar refractivity (Wildman–Crippen MR) is 73.9 cm³/mol. The number of piperidine rings is 1. The lowest BCUT2D eigenvalue weighted by atomic mass is 10.0. The lowest BCUT2D eigenvalue weighted by Crippen LogP contribution is -2.43. The number of rotatable bonds is 6. The van der Waals surface area contributed by atoms with Crippen LogP contribution in [0, 0.1) is 6.92 Å². The molecular formula is C13H22N2O4S. The molecule has 0 aromatic carbocycles. The molecule has 0 amide bonds. The van der Waals surface area contributed by atoms with Crippen molar-refractivity contribution in [2.75, 3.05) is 20.3 Å². The summed E-state index contributed by atoms with van der Waals surface area (Å²) in [6.45, 7) is 2.87. The highest BCUT2D eigenvalue weighted by Crippen LogP contribution is 2.28. The van der Waals surface area contributed by atoms with Crippen LogP contribution in [0.3, 0.4) is 0 Å². The van der Waals surface area contributed by atoms with Crippen LogP contribution in [-0.4, -0.2) is 44.2 Å². The molecule has 1 aromatic heterocycles. The predicted octanol–water partition coefficient (Wildman–Crippen LogP) is 1.95. The van der Waals surface area contributed by atoms with Gasteiger partial charge in [-0.2, -0.15) is 4.31 Å². The molecule has 6 nitrogen and oxygen atoms in total. The summed E-state index contributed by atoms with van der Waals surface area (Å²) >= 11 is 0. The maximum Gasteiger partial charge on any atom is 0.248 e. The van der Waals surface area contributed by atoms with E-state index in [4.69, 9.17) is 9.26 Å². The van der Waals surface area contributed by atoms with Crippen molar-refractivity contribution in [1.29, 1.82) is 0 Å². The summed E-state index contributed by atoms with van der Waals surface area (Å²) in [5, 5.41) is 3.58. The van der Waals surface area contributed by atoms with Gasteiger partial charge in [0, 0.05) is 26.3 Å². The van der Waals surface area contributed by atoms with Crippen LogP contribution in [0.1, 0.15) is 37.9 Å². The Hall–Kier alpha value is -0.920. The molecule has 1 atom stereocenters. The van der Waals surface area contributed by atoms with Crippen molar-refractivity contribution >= 4 is 10.0 Å². The molecule has 0 radical (unpaired) electrons. The summed E-state index contributed by atoms with van der Waals surface area (Å²) in [4.78, 5) is 0.191. The molecule has 7 heteroatoms. The van der Waals surface area contributed by atoms with E-state index in [1.54, 1.807) is 18.3 Å². The first-order chi connectivity index (χ1) is 9.57. The van der Waals surface area contributed by atoms with E-state index in [9.17, 15) is 8.42 Å². The molecule has 20 heavy (non-hydrogen) atoms. The molecule has 1 unspecified atom stereocenters. The summed E-state index contributed by atoms with van der Waals surface area (Å²) in [5.41, 5.74) is 0. The standard InChI is InChI=1S/C13H22N2O4S/c1-11-13(10-14-19-11)20(16,17)15-8-4-3-6-12(15)7-5-9-18-2/h10,12H,3-9H2,1-2H3. The summed E-state index contributed by atoms with van der Waals surface area (Å²) in [5.74, 6) is 0.353. The van der Waals surface area contributed by atoms with Crippen LogP contribution >= 0.6 is 0 Å². The fraction of sp³-hybridized carbons (Fsp3) is 0.769. The molecule has 2 rings (SSSR count). The van der Waals surface area contributed by atoms with E-state index >= 15 is 0 Å². The number of aromatic nitrogens is 1. The molecule has 0 aliphatic carbocycles. The number of ether oxygens (including phenoxy) is 1. The van der Waals surface area contributed by atoms with Gasteiger partial charge >= 0.3 is 0 Å². The topological polar surface area (TPSA) is 72.6 Å². The molecule has 1 aliphatic heterocycles. The fourth-order valence-electron chi connectivity index (χ4n) is 2.71. The zero-order valence-corrected chi connectivity index (χ0v) is 12.9. The van der Waals surface area contributed by atoms with Gasteiger partial charge in [-0.3, -0.25) is 0 Å². The zero-order valence-electron chi connectivity index (χ0n) is 12.0. The lowest BCUT2D eigenvalue weighted by molar-refractivity contribution is 0.172. The first-order valence-electron chi connectivity index (χ1n) is 6.99. The highest BCUT2D eigenvalue weighted by atomic mass is 32.2. The number of nitrogens with zero attached hydrogens (tertiary/aromatic N) is 2. The van der Waals surface area contributed by atoms with Gasteiger partial charge in [0.25, 0.3) is 0 Å². The summed E-state index contributed by atoms with van der Waals surface area (Å²) in [6.07, 6.45) is 5.89. The molecule has 1 aliphatic rings. The van der Waals surface area contributed by atoms with Gasteiger partial charge in [-0.25, -0.2) is 8.42 Å². The Kier molecular flexibility index (Phi) is 5.17. The number of methoxy groups -OCH3 is 1. The third-order valence-electron chi connectivity index (χ3n) is 3.75. The normalized spacial score (nSPS) is 21.2. The Balaban J connectivity index is 2.17. The average molecular weight is 302 g/mol. The maximum absolute atomic E-state index is 12.7. The zero-order chi connectivity index (χ0) is 14.6. The van der Waals surface area contributed by atoms with E-state index in [0.29, 0.717) is 18.9 Å². The van der Waals surface area contributed by atoms with Crippen LogP contribution in [-0.2, 0) is 14.8 Å². The first-order valence-corrected chi connectivity index (χ1v) is 8.43. The van der Waals surface area contributed by atoms with E-state index in [1.807, 2.05) is 0 Å². The third-order valence-corrected chi connectivity index (χ3v) is 5.80. The monoisotopic (exact) mass is 302 g/mol. The average Bonchev–Trinajstić information content (AvgIpc) is 2.86. The quantitative estimate of drug-likeness (QED) is 0.751. The molecule has 114 valence electrons. The van der Waals surface area contributed by atoms with Crippen LogP contribution < -0.4 is 0 Å². The van der Waals surface area contributed by atoms with E-state index in [2.05, 4.69) is 5.16 Å². The van der Waals surface area contributed by atoms with Crippen molar-refractivity contribution in [3.05, 3.63) is 12.0 Å². The summed E-state index contributed by atoms with van der Waals surface area (Å²) in [7, 11) is -1.84. The van der Waals surface area contributed by atoms with Crippen LogP contribution in [0.4, 0.5) is 0 Å². The third kappa shape index (κ3) is 3.21. The molecule has 2 heterocycles. The lowest BCUT2D eigenvalue weighted by Gasteiger charge is -2.34. The van der Waals surface area contributed by atoms with E-state index in [1.165, 1.54) is 6.20 Å². The first kappa shape index (κ1) is 15.5. The Bertz CT molecular complexity index is 526. The molecule has 1 aromatic rings. The summed E-state index contributed by atoms with van der Waals surface area (Å²) < 4.78 is 37.0. The van der Waals surface area contributed by atoms with E-state index in [-0.39, 0.29) is 10.9 Å². The highest BCUT2D eigenvalue weighted by molar-refractivity contribution is 7.89. The maximum atomic E-state index is 12.7. The van der Waals surface area contributed by atoms with Gasteiger partial charge in [-0.15, -0.1) is 0 Å². The molecular weight excluding hydrogens is 280 g/mol. The highest BCUT2D eigenvalue weighted by Gasteiger charge is 2.35. The molecule has 1 fully saturated rings. The second-order valence-corrected chi connectivity index (χ2v) is 7.01. The molecule has 0 bridgehead atoms. The molecule has 1 saturated heterocycles. The van der Waals surface area contributed by atoms with Gasteiger partial charge < -0.3 is 9.26 Å². The van der Waals surface area contributed by atoms with Gasteiger partial charge in [-0.05, 0) is 32.6 Å². The Morgan fingerprint density at radius 1 is 1.50 bits per heavy atom. The molecule has 0 spiro atoms. The summed E-state index contributed by atoms with van der Waals surface area (Å²) in [6, 6.07) is 0.0539. The SMILES string of the molecule is COCCCC1CCCCN1S(=O)(=O)c1cnoc1C. The number of hydrogen-bond donors (Lipinski definition) is 0. The van der Waals surface area contributed by atoms with Gasteiger partial charge in [0.1, 0.15) is 4.90 Å². The van der Waals surface area contributed by atoms with Crippen molar-refractivity contribution in [2.45, 2.75) is 50.0 Å². The van der Waals surface area contributed by atoms with Crippen molar-refractivity contribution in [3.8, 4) is 0 Å². The van der Waals surface area contributed by atoms with Crippen molar-refractivity contribution in [3.63, 3.8) is 0 Å². The van der Waals surface area contributed by atoms with Crippen LogP contribution in [0.2, 0.25) is 0 Å². The minimum atomic E-state index is -3.50. The number of aryl methyl sites for hydroxylation is 1. The Morgan fingerprint density at radius 2 is 2.30 bits per heavy atom. The number of hydrogen-bond acceptors (Lipinski definition) is 5. The van der Waals surface area contributed by atoms with Crippen molar-refractivity contribution < 1.29 is 17.7 Å². The second-order valence-electron chi connectivity index (χ2n) is 5.15. The van der Waals surface area contributed by atoms with Gasteiger partial charge in [0.2, 0.25) is 10.0 Å². The van der Waals surface area contributed by atoms with E-state index in [0.717, 1.165) is 32.1 Å². The van der Waals surface area contributed by atoms with E-state index < -0.39 is 10.0 Å². The smallest absolute Gasteiger partial charge is 0.248 e. The second kappa shape index (κ2) is 6.69. The van der Waals surface area contributed by atoms with Gasteiger partial charge in [0.15, 0.2) is 5.76 Å². The van der Waals surface area contributed by atoms with Crippen molar-refractivity contribution in [2.24, 2.45) is 0 Å². The minimum absolute atomic E-state index is 0.0539. The Labute approximate surface area is 120 Å². The molecule has 0 saturated carbocycles. The minimum Gasteiger partial charge on any atom is -0.385 e. The van der Waals surface area contributed by atoms with Gasteiger partial charge in [-0.1, -0.05) is 11.6 Å². The van der Waals surface area contributed by atoms with Crippen LogP contribution in [0.15, 0.2) is 15.6 Å². The largest absolute Gasteiger partial charge is 0.385 e. The number of sulfonamides is 1. The fourth-order valence-corrected chi connectivity index (χ4v) is 4.51. The van der Waals surface area contributed by atoms with Gasteiger partial charge in [0.05, 0.1) is 6.20 Å². The van der Waals surface area contributed by atoms with Crippen LogP contribution in [0.25, 0.3) is 0 Å². The Morgan fingerprint density at radius 3 is 2.95 bits per heavy atom. The van der Waals surface area contributed by atoms with Crippen molar-refractivity contribution in [1.82, 2.24) is 9.46 Å².